The first-order chi connectivity index (χ1) is 13.0. The van der Waals surface area contributed by atoms with Gasteiger partial charge in [-0.1, -0.05) is 0 Å². The molecule has 1 saturated heterocycles. The number of rotatable bonds is 4. The summed E-state index contributed by atoms with van der Waals surface area (Å²) in [6.07, 6.45) is 4.14. The van der Waals surface area contributed by atoms with Gasteiger partial charge in [0.05, 0.1) is 28.7 Å². The first-order valence-corrected chi connectivity index (χ1v) is 8.82. The fourth-order valence-electron chi connectivity index (χ4n) is 3.49. The molecule has 0 bridgehead atoms. The van der Waals surface area contributed by atoms with Gasteiger partial charge in [0.2, 0.25) is 5.95 Å². The molecule has 4 heterocycles. The van der Waals surface area contributed by atoms with Crippen LogP contribution in [0.3, 0.4) is 0 Å². The van der Waals surface area contributed by atoms with Crippen LogP contribution >= 0.6 is 0 Å². The van der Waals surface area contributed by atoms with Crippen molar-refractivity contribution in [1.29, 1.82) is 0 Å². The molecule has 138 valence electrons. The van der Waals surface area contributed by atoms with E-state index in [2.05, 4.69) is 42.6 Å². The van der Waals surface area contributed by atoms with E-state index in [-0.39, 0.29) is 5.56 Å². The van der Waals surface area contributed by atoms with E-state index in [1.54, 1.807) is 12.3 Å². The lowest BCUT2D eigenvalue weighted by atomic mass is 10.2. The normalized spacial score (nSPS) is 16.7. The van der Waals surface area contributed by atoms with Gasteiger partial charge in [-0.05, 0) is 44.5 Å². The summed E-state index contributed by atoms with van der Waals surface area (Å²) in [5, 5.41) is 13.8. The minimum Gasteiger partial charge on any atom is -0.478 e. The first-order valence-electron chi connectivity index (χ1n) is 8.82. The molecule has 1 aliphatic rings. The topological polar surface area (TPSA) is 97.0 Å². The highest BCUT2D eigenvalue weighted by atomic mass is 16.4. The van der Waals surface area contributed by atoms with E-state index in [9.17, 15) is 4.79 Å². The van der Waals surface area contributed by atoms with Gasteiger partial charge in [-0.25, -0.2) is 14.8 Å². The van der Waals surface area contributed by atoms with Crippen LogP contribution in [0.1, 0.15) is 34.2 Å². The van der Waals surface area contributed by atoms with Crippen molar-refractivity contribution >= 4 is 11.9 Å². The van der Waals surface area contributed by atoms with Crippen LogP contribution < -0.4 is 4.90 Å². The molecule has 3 aromatic heterocycles. The molecule has 1 atom stereocenters. The highest BCUT2D eigenvalue weighted by molar-refractivity contribution is 5.88. The van der Waals surface area contributed by atoms with Crippen LogP contribution in [0.5, 0.6) is 0 Å². The van der Waals surface area contributed by atoms with E-state index in [4.69, 9.17) is 5.11 Å². The van der Waals surface area contributed by atoms with Crippen molar-refractivity contribution in [3.8, 4) is 11.4 Å². The van der Waals surface area contributed by atoms with Gasteiger partial charge in [0, 0.05) is 31.2 Å². The van der Waals surface area contributed by atoms with Crippen LogP contribution in [0.15, 0.2) is 36.7 Å². The van der Waals surface area contributed by atoms with E-state index < -0.39 is 5.97 Å². The summed E-state index contributed by atoms with van der Waals surface area (Å²) in [6.45, 7) is 5.70. The Morgan fingerprint density at radius 3 is 2.70 bits per heavy atom. The zero-order chi connectivity index (χ0) is 19.0. The number of nitrogens with zero attached hydrogens (tertiary/aromatic N) is 6. The van der Waals surface area contributed by atoms with E-state index in [0.717, 1.165) is 30.9 Å². The van der Waals surface area contributed by atoms with Gasteiger partial charge in [-0.15, -0.1) is 0 Å². The van der Waals surface area contributed by atoms with Crippen molar-refractivity contribution in [2.75, 3.05) is 18.0 Å². The summed E-state index contributed by atoms with van der Waals surface area (Å²) in [4.78, 5) is 26.6. The Labute approximate surface area is 156 Å². The molecule has 27 heavy (non-hydrogen) atoms. The van der Waals surface area contributed by atoms with Gasteiger partial charge < -0.3 is 10.0 Å². The predicted octanol–water partition coefficient (Wildman–Crippen LogP) is 2.50. The molecule has 3 aromatic rings. The number of hydrogen-bond donors (Lipinski definition) is 1. The Bertz CT molecular complexity index is 999. The SMILES string of the molecule is Cc1cc(C)n(C2CCN(c3nccc(-c4cc(C(=O)O)ccn4)n3)C2)n1. The third-order valence-corrected chi connectivity index (χ3v) is 4.75. The smallest absolute Gasteiger partial charge is 0.335 e. The van der Waals surface area contributed by atoms with Crippen molar-refractivity contribution in [3.05, 3.63) is 53.6 Å². The largest absolute Gasteiger partial charge is 0.478 e. The second-order valence-electron chi connectivity index (χ2n) is 6.74. The number of aromatic carboxylic acids is 1. The lowest BCUT2D eigenvalue weighted by molar-refractivity contribution is 0.0697. The zero-order valence-corrected chi connectivity index (χ0v) is 15.2. The Balaban J connectivity index is 1.57. The maximum atomic E-state index is 11.2. The summed E-state index contributed by atoms with van der Waals surface area (Å²) in [5.74, 6) is -0.362. The summed E-state index contributed by atoms with van der Waals surface area (Å²) in [6, 6.07) is 7.11. The van der Waals surface area contributed by atoms with Crippen molar-refractivity contribution in [1.82, 2.24) is 24.7 Å². The fourth-order valence-corrected chi connectivity index (χ4v) is 3.49. The fraction of sp³-hybridized carbons (Fsp3) is 0.316. The van der Waals surface area contributed by atoms with Crippen LogP contribution in [-0.2, 0) is 0 Å². The van der Waals surface area contributed by atoms with E-state index in [1.807, 2.05) is 6.92 Å². The van der Waals surface area contributed by atoms with Gasteiger partial charge in [-0.2, -0.15) is 5.10 Å². The van der Waals surface area contributed by atoms with E-state index in [0.29, 0.717) is 23.4 Å². The minimum absolute atomic E-state index is 0.186. The van der Waals surface area contributed by atoms with Crippen LogP contribution in [0, 0.1) is 13.8 Å². The number of pyridine rings is 1. The van der Waals surface area contributed by atoms with E-state index in [1.165, 1.54) is 18.3 Å². The third kappa shape index (κ3) is 3.38. The van der Waals surface area contributed by atoms with Crippen LogP contribution in [0.2, 0.25) is 0 Å². The number of carboxylic acid groups (broad SMARTS) is 1. The second kappa shape index (κ2) is 6.79. The third-order valence-electron chi connectivity index (χ3n) is 4.75. The lowest BCUT2D eigenvalue weighted by Crippen LogP contribution is -2.23. The Kier molecular flexibility index (Phi) is 4.31. The number of aryl methyl sites for hydroxylation is 2. The lowest BCUT2D eigenvalue weighted by Gasteiger charge is -2.17. The molecular weight excluding hydrogens is 344 g/mol. The average Bonchev–Trinajstić information content (AvgIpc) is 3.28. The summed E-state index contributed by atoms with van der Waals surface area (Å²) < 4.78 is 2.08. The molecule has 1 unspecified atom stereocenters. The Morgan fingerprint density at radius 2 is 1.96 bits per heavy atom. The molecule has 1 aliphatic heterocycles. The molecule has 1 fully saturated rings. The van der Waals surface area contributed by atoms with Crippen LogP contribution in [0.4, 0.5) is 5.95 Å². The highest BCUT2D eigenvalue weighted by Crippen LogP contribution is 2.27. The minimum atomic E-state index is -0.986. The molecule has 4 rings (SSSR count). The Hall–Kier alpha value is -3.29. The van der Waals surface area contributed by atoms with Gasteiger partial charge in [0.1, 0.15) is 0 Å². The average molecular weight is 364 g/mol. The van der Waals surface area contributed by atoms with Gasteiger partial charge in [0.15, 0.2) is 0 Å². The molecule has 0 aliphatic carbocycles. The molecule has 8 heteroatoms. The van der Waals surface area contributed by atoms with Crippen molar-refractivity contribution in [3.63, 3.8) is 0 Å². The predicted molar refractivity (Wildman–Crippen MR) is 99.8 cm³/mol. The monoisotopic (exact) mass is 364 g/mol. The first kappa shape index (κ1) is 17.1. The van der Waals surface area contributed by atoms with Crippen molar-refractivity contribution < 1.29 is 9.90 Å². The molecule has 0 spiro atoms. The maximum absolute atomic E-state index is 11.2. The number of hydrogen-bond acceptors (Lipinski definition) is 6. The maximum Gasteiger partial charge on any atom is 0.335 e. The van der Waals surface area contributed by atoms with Crippen LogP contribution in [-0.4, -0.2) is 48.9 Å². The molecule has 0 radical (unpaired) electrons. The standard InChI is InChI=1S/C19H20N6O2/c1-12-9-13(2)25(23-12)15-5-8-24(11-15)19-21-7-4-16(22-19)17-10-14(18(26)27)3-6-20-17/h3-4,6-7,9-10,15H,5,8,11H2,1-2H3,(H,26,27). The Morgan fingerprint density at radius 1 is 1.15 bits per heavy atom. The number of carboxylic acids is 1. The molecule has 0 amide bonds. The molecule has 0 saturated carbocycles. The van der Waals surface area contributed by atoms with Crippen molar-refractivity contribution in [2.45, 2.75) is 26.3 Å². The summed E-state index contributed by atoms with van der Waals surface area (Å²) in [7, 11) is 0. The molecule has 1 N–H and O–H groups in total. The molecule has 0 aromatic carbocycles. The zero-order valence-electron chi connectivity index (χ0n) is 15.2. The van der Waals surface area contributed by atoms with Gasteiger partial charge in [-0.3, -0.25) is 9.67 Å². The van der Waals surface area contributed by atoms with Crippen molar-refractivity contribution in [2.24, 2.45) is 0 Å². The van der Waals surface area contributed by atoms with Crippen LogP contribution in [0.25, 0.3) is 11.4 Å². The quantitative estimate of drug-likeness (QED) is 0.759. The summed E-state index contributed by atoms with van der Waals surface area (Å²) in [5.41, 5.74) is 3.49. The second-order valence-corrected chi connectivity index (χ2v) is 6.74. The number of aromatic nitrogens is 5. The highest BCUT2D eigenvalue weighted by Gasteiger charge is 2.27. The molecule has 8 nitrogen and oxygen atoms in total. The number of carbonyl (C=O) groups is 1. The van der Waals surface area contributed by atoms with E-state index >= 15 is 0 Å². The van der Waals surface area contributed by atoms with Gasteiger partial charge >= 0.3 is 5.97 Å². The molecular formula is C19H20N6O2. The summed E-state index contributed by atoms with van der Waals surface area (Å²) >= 11 is 0. The number of anilines is 1. The van der Waals surface area contributed by atoms with Gasteiger partial charge in [0.25, 0.3) is 0 Å².